The van der Waals surface area contributed by atoms with Crippen molar-refractivity contribution in [1.29, 1.82) is 0 Å². The third kappa shape index (κ3) is 7.71. The predicted molar refractivity (Wildman–Crippen MR) is 92.7 cm³/mol. The van der Waals surface area contributed by atoms with E-state index in [1.165, 1.54) is 13.8 Å². The molecule has 0 fully saturated rings. The second kappa shape index (κ2) is 10.9. The number of carbonyl (C=O) groups excluding carboxylic acids is 3. The fraction of sp³-hybridized carbons (Fsp3) is 0.737. The van der Waals surface area contributed by atoms with E-state index in [9.17, 15) is 14.4 Å². The van der Waals surface area contributed by atoms with Crippen molar-refractivity contribution in [2.45, 2.75) is 84.5 Å². The molecule has 0 N–H and O–H groups in total. The monoisotopic (exact) mass is 354 g/mol. The number of carbonyl (C=O) groups is 3. The van der Waals surface area contributed by atoms with Gasteiger partial charge in [0.1, 0.15) is 18.3 Å². The molecule has 1 aliphatic heterocycles. The molecule has 0 aliphatic carbocycles. The van der Waals surface area contributed by atoms with Crippen LogP contribution in [0, 0.1) is 5.92 Å². The SMILES string of the molecule is CCCCCC1OC(=O)C(C)C(OC(C)=O)C=CCCC1OC(C)=O. The van der Waals surface area contributed by atoms with Crippen molar-refractivity contribution < 1.29 is 28.6 Å². The van der Waals surface area contributed by atoms with Crippen molar-refractivity contribution in [1.82, 2.24) is 0 Å². The number of ether oxygens (including phenoxy) is 3. The Morgan fingerprint density at radius 2 is 1.88 bits per heavy atom. The van der Waals surface area contributed by atoms with Gasteiger partial charge in [-0.1, -0.05) is 25.8 Å². The summed E-state index contributed by atoms with van der Waals surface area (Å²) in [6.45, 7) is 6.44. The van der Waals surface area contributed by atoms with Crippen molar-refractivity contribution in [2.75, 3.05) is 0 Å². The molecule has 1 rings (SSSR count). The molecule has 0 radical (unpaired) electrons. The molecule has 0 spiro atoms. The summed E-state index contributed by atoms with van der Waals surface area (Å²) >= 11 is 0. The summed E-state index contributed by atoms with van der Waals surface area (Å²) in [7, 11) is 0. The van der Waals surface area contributed by atoms with Crippen molar-refractivity contribution in [3.05, 3.63) is 12.2 Å². The lowest BCUT2D eigenvalue weighted by atomic mass is 9.98. The Morgan fingerprint density at radius 3 is 2.48 bits per heavy atom. The van der Waals surface area contributed by atoms with E-state index < -0.39 is 36.2 Å². The van der Waals surface area contributed by atoms with Gasteiger partial charge in [-0.25, -0.2) is 0 Å². The standard InChI is InChI=1S/C19H30O6/c1-5-6-7-11-18-17(24-15(4)21)12-9-8-10-16(23-14(3)20)13(2)19(22)25-18/h8,10,13,16-18H,5-7,9,11-12H2,1-4H3. The van der Waals surface area contributed by atoms with E-state index in [1.54, 1.807) is 13.0 Å². The van der Waals surface area contributed by atoms with E-state index in [0.717, 1.165) is 19.3 Å². The second-order valence-electron chi connectivity index (χ2n) is 6.49. The van der Waals surface area contributed by atoms with Crippen molar-refractivity contribution in [2.24, 2.45) is 5.92 Å². The molecule has 0 aromatic rings. The number of hydrogen-bond donors (Lipinski definition) is 0. The third-order valence-electron chi connectivity index (χ3n) is 4.20. The fourth-order valence-corrected chi connectivity index (χ4v) is 2.83. The highest BCUT2D eigenvalue weighted by Crippen LogP contribution is 2.23. The first kappa shape index (κ1) is 21.2. The van der Waals surface area contributed by atoms with E-state index in [-0.39, 0.29) is 5.97 Å². The van der Waals surface area contributed by atoms with Crippen LogP contribution in [0.5, 0.6) is 0 Å². The van der Waals surface area contributed by atoms with Crippen LogP contribution in [0.2, 0.25) is 0 Å². The van der Waals surface area contributed by atoms with Crippen molar-refractivity contribution >= 4 is 17.9 Å². The van der Waals surface area contributed by atoms with Gasteiger partial charge in [-0.05, 0) is 38.7 Å². The molecule has 0 saturated heterocycles. The molecular weight excluding hydrogens is 324 g/mol. The second-order valence-corrected chi connectivity index (χ2v) is 6.49. The first-order valence-corrected chi connectivity index (χ1v) is 9.06. The average Bonchev–Trinajstić information content (AvgIpc) is 2.53. The summed E-state index contributed by atoms with van der Waals surface area (Å²) < 4.78 is 16.3. The lowest BCUT2D eigenvalue weighted by molar-refractivity contribution is -0.174. The van der Waals surface area contributed by atoms with Crippen LogP contribution in [0.1, 0.15) is 66.2 Å². The highest BCUT2D eigenvalue weighted by atomic mass is 16.6. The summed E-state index contributed by atoms with van der Waals surface area (Å²) in [6.07, 6.45) is 6.79. The third-order valence-corrected chi connectivity index (χ3v) is 4.20. The normalized spacial score (nSPS) is 27.3. The lowest BCUT2D eigenvalue weighted by Gasteiger charge is -2.29. The summed E-state index contributed by atoms with van der Waals surface area (Å²) in [5.74, 6) is -1.89. The lowest BCUT2D eigenvalue weighted by Crippen LogP contribution is -2.39. The number of allylic oxidation sites excluding steroid dienone is 1. The molecular formula is C19H30O6. The Labute approximate surface area is 149 Å². The van der Waals surface area contributed by atoms with Crippen LogP contribution >= 0.6 is 0 Å². The maximum Gasteiger partial charge on any atom is 0.313 e. The molecule has 4 unspecified atom stereocenters. The van der Waals surface area contributed by atoms with Crippen molar-refractivity contribution in [3.63, 3.8) is 0 Å². The summed E-state index contributed by atoms with van der Waals surface area (Å²) in [6, 6.07) is 0. The molecule has 4 atom stereocenters. The predicted octanol–water partition coefficient (Wildman–Crippen LogP) is 3.33. The van der Waals surface area contributed by atoms with E-state index in [4.69, 9.17) is 14.2 Å². The maximum absolute atomic E-state index is 12.5. The van der Waals surface area contributed by atoms with Crippen molar-refractivity contribution in [3.8, 4) is 0 Å². The molecule has 0 aromatic heterocycles. The minimum atomic E-state index is -0.647. The van der Waals surface area contributed by atoms with Gasteiger partial charge in [0.2, 0.25) is 0 Å². The molecule has 1 aliphatic rings. The van der Waals surface area contributed by atoms with E-state index >= 15 is 0 Å². The molecule has 142 valence electrons. The highest BCUT2D eigenvalue weighted by molar-refractivity contribution is 5.74. The highest BCUT2D eigenvalue weighted by Gasteiger charge is 2.33. The Kier molecular flexibility index (Phi) is 9.24. The maximum atomic E-state index is 12.5. The number of esters is 3. The van der Waals surface area contributed by atoms with Gasteiger partial charge < -0.3 is 14.2 Å². The van der Waals surface area contributed by atoms with Gasteiger partial charge in [-0.2, -0.15) is 0 Å². The molecule has 0 bridgehead atoms. The van der Waals surface area contributed by atoms with Crippen LogP contribution in [0.3, 0.4) is 0 Å². The summed E-state index contributed by atoms with van der Waals surface area (Å²) in [5.41, 5.74) is 0. The number of hydrogen-bond acceptors (Lipinski definition) is 6. The Hall–Kier alpha value is -1.85. The summed E-state index contributed by atoms with van der Waals surface area (Å²) in [5, 5.41) is 0. The quantitative estimate of drug-likeness (QED) is 0.315. The summed E-state index contributed by atoms with van der Waals surface area (Å²) in [4.78, 5) is 35.2. The molecule has 1 heterocycles. The minimum absolute atomic E-state index is 0.381. The van der Waals surface area contributed by atoms with Crippen LogP contribution in [-0.2, 0) is 28.6 Å². The number of unbranched alkanes of at least 4 members (excludes halogenated alkanes) is 2. The molecule has 0 saturated carbocycles. The van der Waals surface area contributed by atoms with Crippen LogP contribution in [0.25, 0.3) is 0 Å². The molecule has 0 amide bonds. The van der Waals surface area contributed by atoms with Gasteiger partial charge >= 0.3 is 17.9 Å². The van der Waals surface area contributed by atoms with Crippen LogP contribution in [0.15, 0.2) is 12.2 Å². The smallest absolute Gasteiger partial charge is 0.313 e. The van der Waals surface area contributed by atoms with E-state index in [1.807, 2.05) is 6.08 Å². The molecule has 6 nitrogen and oxygen atoms in total. The number of rotatable bonds is 6. The topological polar surface area (TPSA) is 78.9 Å². The van der Waals surface area contributed by atoms with Gasteiger partial charge in [0.15, 0.2) is 0 Å². The fourth-order valence-electron chi connectivity index (χ4n) is 2.83. The molecule has 25 heavy (non-hydrogen) atoms. The van der Waals surface area contributed by atoms with Gasteiger partial charge in [-0.15, -0.1) is 0 Å². The van der Waals surface area contributed by atoms with E-state index in [0.29, 0.717) is 19.3 Å². The van der Waals surface area contributed by atoms with Crippen LogP contribution < -0.4 is 0 Å². The van der Waals surface area contributed by atoms with Crippen LogP contribution in [0.4, 0.5) is 0 Å². The zero-order valence-corrected chi connectivity index (χ0v) is 15.7. The first-order chi connectivity index (χ1) is 11.8. The molecule has 0 aromatic carbocycles. The van der Waals surface area contributed by atoms with Gasteiger partial charge in [0, 0.05) is 13.8 Å². The first-order valence-electron chi connectivity index (χ1n) is 9.06. The Morgan fingerprint density at radius 1 is 1.20 bits per heavy atom. The largest absolute Gasteiger partial charge is 0.459 e. The minimum Gasteiger partial charge on any atom is -0.459 e. The number of cyclic esters (lactones) is 1. The molecule has 6 heteroatoms. The van der Waals surface area contributed by atoms with Gasteiger partial charge in [0.05, 0.1) is 5.92 Å². The average molecular weight is 354 g/mol. The Balaban J connectivity index is 2.95. The van der Waals surface area contributed by atoms with Crippen LogP contribution in [-0.4, -0.2) is 36.2 Å². The Bertz CT molecular complexity index is 484. The van der Waals surface area contributed by atoms with Gasteiger partial charge in [0.25, 0.3) is 0 Å². The zero-order chi connectivity index (χ0) is 18.8. The zero-order valence-electron chi connectivity index (χ0n) is 15.7. The van der Waals surface area contributed by atoms with E-state index in [2.05, 4.69) is 6.92 Å². The van der Waals surface area contributed by atoms with Gasteiger partial charge in [-0.3, -0.25) is 14.4 Å².